The van der Waals surface area contributed by atoms with Gasteiger partial charge in [-0.05, 0) is 35.5 Å². The van der Waals surface area contributed by atoms with Gasteiger partial charge in [-0.15, -0.1) is 0 Å². The highest BCUT2D eigenvalue weighted by atomic mass is 14.2. The average molecular weight is 423 g/mol. The molecule has 0 aliphatic rings. The van der Waals surface area contributed by atoms with Crippen LogP contribution in [0.1, 0.15) is 158 Å². The van der Waals surface area contributed by atoms with Crippen LogP contribution in [0.25, 0.3) is 0 Å². The molecule has 0 aromatic rings. The van der Waals surface area contributed by atoms with Gasteiger partial charge in [-0.25, -0.2) is 0 Å². The Balaban J connectivity index is 3.91. The molecule has 0 amide bonds. The molecule has 4 unspecified atom stereocenters. The number of hydrogen-bond acceptors (Lipinski definition) is 0. The maximum absolute atomic E-state index is 2.48. The summed E-state index contributed by atoms with van der Waals surface area (Å²) in [6.45, 7) is 19.2. The molecule has 0 aliphatic heterocycles. The van der Waals surface area contributed by atoms with Crippen molar-refractivity contribution in [2.75, 3.05) is 0 Å². The van der Waals surface area contributed by atoms with Gasteiger partial charge in [0.25, 0.3) is 0 Å². The summed E-state index contributed by atoms with van der Waals surface area (Å²) in [6, 6.07) is 0. The van der Waals surface area contributed by atoms with Gasteiger partial charge >= 0.3 is 0 Å². The molecule has 0 saturated carbocycles. The van der Waals surface area contributed by atoms with Crippen LogP contribution in [0.15, 0.2) is 0 Å². The van der Waals surface area contributed by atoms with Crippen LogP contribution in [0.5, 0.6) is 0 Å². The van der Waals surface area contributed by atoms with Crippen LogP contribution in [0.3, 0.4) is 0 Å². The Morgan fingerprint density at radius 1 is 0.367 bits per heavy atom. The monoisotopic (exact) mass is 422 g/mol. The van der Waals surface area contributed by atoms with Crippen molar-refractivity contribution in [1.82, 2.24) is 0 Å². The van der Waals surface area contributed by atoms with Crippen LogP contribution in [0, 0.1) is 35.5 Å². The minimum absolute atomic E-state index is 0.876. The molecule has 0 spiro atoms. The normalized spacial score (nSPS) is 16.2. The van der Waals surface area contributed by atoms with Crippen LogP contribution < -0.4 is 0 Å². The Morgan fingerprint density at radius 3 is 0.933 bits per heavy atom. The Labute approximate surface area is 193 Å². The predicted octanol–water partition coefficient (Wildman–Crippen LogP) is 11.1. The van der Waals surface area contributed by atoms with Gasteiger partial charge in [-0.3, -0.25) is 0 Å². The van der Waals surface area contributed by atoms with Gasteiger partial charge < -0.3 is 0 Å². The van der Waals surface area contributed by atoms with E-state index in [1.165, 1.54) is 103 Å². The molecule has 0 aromatic heterocycles. The zero-order chi connectivity index (χ0) is 22.8. The van der Waals surface area contributed by atoms with E-state index in [1.54, 1.807) is 0 Å². The van der Waals surface area contributed by atoms with E-state index in [-0.39, 0.29) is 0 Å². The maximum atomic E-state index is 2.48. The van der Waals surface area contributed by atoms with E-state index < -0.39 is 0 Å². The molecule has 182 valence electrons. The lowest BCUT2D eigenvalue weighted by Crippen LogP contribution is -2.07. The first-order valence-corrected chi connectivity index (χ1v) is 14.3. The molecular weight excluding hydrogens is 360 g/mol. The van der Waals surface area contributed by atoms with E-state index in [2.05, 4.69) is 55.4 Å². The molecule has 0 saturated heterocycles. The molecular formula is C30H62. The molecule has 0 N–H and O–H groups in total. The Kier molecular flexibility index (Phi) is 19.7. The van der Waals surface area contributed by atoms with Crippen LogP contribution in [-0.2, 0) is 0 Å². The summed E-state index contributed by atoms with van der Waals surface area (Å²) in [5.41, 5.74) is 0. The summed E-state index contributed by atoms with van der Waals surface area (Å²) >= 11 is 0. The fourth-order valence-electron chi connectivity index (χ4n) is 5.12. The first-order chi connectivity index (χ1) is 14.3. The zero-order valence-corrected chi connectivity index (χ0v) is 22.8. The Hall–Kier alpha value is 0. The van der Waals surface area contributed by atoms with Crippen molar-refractivity contribution in [3.63, 3.8) is 0 Å². The quantitative estimate of drug-likeness (QED) is 0.172. The molecule has 0 bridgehead atoms. The molecule has 0 nitrogen and oxygen atoms in total. The SMILES string of the molecule is CCC(CCCC(C)CCCC(C)C)CCC(CC)CCCC(C)CCCC(C)C. The largest absolute Gasteiger partial charge is 0.0651 e. The fourth-order valence-corrected chi connectivity index (χ4v) is 5.12. The lowest BCUT2D eigenvalue weighted by molar-refractivity contribution is 0.318. The summed E-state index contributed by atoms with van der Waals surface area (Å²) in [4.78, 5) is 0. The first kappa shape index (κ1) is 30.0. The highest BCUT2D eigenvalue weighted by Gasteiger charge is 2.13. The van der Waals surface area contributed by atoms with Crippen molar-refractivity contribution in [1.29, 1.82) is 0 Å². The van der Waals surface area contributed by atoms with E-state index in [0.29, 0.717) is 0 Å². The smallest absolute Gasteiger partial charge is 0.0417 e. The predicted molar refractivity (Wildman–Crippen MR) is 140 cm³/mol. The number of hydrogen-bond donors (Lipinski definition) is 0. The molecule has 0 heterocycles. The summed E-state index contributed by atoms with van der Waals surface area (Å²) in [5.74, 6) is 5.59. The van der Waals surface area contributed by atoms with Gasteiger partial charge in [0.1, 0.15) is 0 Å². The van der Waals surface area contributed by atoms with Crippen LogP contribution in [-0.4, -0.2) is 0 Å². The third kappa shape index (κ3) is 18.7. The molecule has 0 radical (unpaired) electrons. The summed E-state index contributed by atoms with van der Waals surface area (Å²) in [5, 5.41) is 0. The second kappa shape index (κ2) is 19.7. The topological polar surface area (TPSA) is 0 Å². The second-order valence-electron chi connectivity index (χ2n) is 11.8. The summed E-state index contributed by atoms with van der Waals surface area (Å²) in [7, 11) is 0. The van der Waals surface area contributed by atoms with Crippen LogP contribution in [0.4, 0.5) is 0 Å². The van der Waals surface area contributed by atoms with Crippen molar-refractivity contribution < 1.29 is 0 Å². The third-order valence-electron chi connectivity index (χ3n) is 7.71. The average Bonchev–Trinajstić information content (AvgIpc) is 2.68. The molecule has 0 fully saturated rings. The van der Waals surface area contributed by atoms with Crippen LogP contribution >= 0.6 is 0 Å². The van der Waals surface area contributed by atoms with E-state index in [1.807, 2.05) is 0 Å². The lowest BCUT2D eigenvalue weighted by atomic mass is 9.85. The number of rotatable bonds is 21. The van der Waals surface area contributed by atoms with Crippen molar-refractivity contribution >= 4 is 0 Å². The Morgan fingerprint density at radius 2 is 0.667 bits per heavy atom. The minimum Gasteiger partial charge on any atom is -0.0651 e. The fraction of sp³-hybridized carbons (Fsp3) is 1.00. The Bertz CT molecular complexity index is 308. The second-order valence-corrected chi connectivity index (χ2v) is 11.8. The van der Waals surface area contributed by atoms with Crippen molar-refractivity contribution in [2.45, 2.75) is 158 Å². The van der Waals surface area contributed by atoms with Crippen molar-refractivity contribution in [2.24, 2.45) is 35.5 Å². The van der Waals surface area contributed by atoms with E-state index in [9.17, 15) is 0 Å². The van der Waals surface area contributed by atoms with Gasteiger partial charge in [0.15, 0.2) is 0 Å². The highest BCUT2D eigenvalue weighted by molar-refractivity contribution is 4.66. The van der Waals surface area contributed by atoms with Gasteiger partial charge in [-0.1, -0.05) is 158 Å². The maximum Gasteiger partial charge on any atom is -0.0417 e. The van der Waals surface area contributed by atoms with Gasteiger partial charge in [0.05, 0.1) is 0 Å². The molecule has 4 atom stereocenters. The standard InChI is InChI=1S/C30H62/c1-9-29(21-13-19-27(7)17-11-15-25(3)4)23-24-30(10-2)22-14-20-28(8)18-12-16-26(5)6/h25-30H,9-24H2,1-8H3. The summed E-state index contributed by atoms with van der Waals surface area (Å²) < 4.78 is 0. The molecule has 0 aromatic carbocycles. The van der Waals surface area contributed by atoms with Gasteiger partial charge in [0.2, 0.25) is 0 Å². The molecule has 0 heteroatoms. The molecule has 0 rings (SSSR count). The van der Waals surface area contributed by atoms with Crippen molar-refractivity contribution in [3.8, 4) is 0 Å². The third-order valence-corrected chi connectivity index (χ3v) is 7.71. The van der Waals surface area contributed by atoms with Crippen LogP contribution in [0.2, 0.25) is 0 Å². The molecule has 0 aliphatic carbocycles. The minimum atomic E-state index is 0.876. The van der Waals surface area contributed by atoms with E-state index in [0.717, 1.165) is 35.5 Å². The van der Waals surface area contributed by atoms with Gasteiger partial charge in [-0.2, -0.15) is 0 Å². The highest BCUT2D eigenvalue weighted by Crippen LogP contribution is 2.28. The van der Waals surface area contributed by atoms with E-state index >= 15 is 0 Å². The van der Waals surface area contributed by atoms with E-state index in [4.69, 9.17) is 0 Å². The zero-order valence-electron chi connectivity index (χ0n) is 22.8. The summed E-state index contributed by atoms with van der Waals surface area (Å²) in [6.07, 6.45) is 23.2. The van der Waals surface area contributed by atoms with Gasteiger partial charge in [0, 0.05) is 0 Å². The lowest BCUT2D eigenvalue weighted by Gasteiger charge is -2.21. The first-order valence-electron chi connectivity index (χ1n) is 14.3. The van der Waals surface area contributed by atoms with Crippen molar-refractivity contribution in [3.05, 3.63) is 0 Å². The molecule has 30 heavy (non-hydrogen) atoms.